The summed E-state index contributed by atoms with van der Waals surface area (Å²) in [6, 6.07) is 4.55. The smallest absolute Gasteiger partial charge is 0.129 e. The molecule has 0 aliphatic carbocycles. The van der Waals surface area contributed by atoms with Gasteiger partial charge in [-0.2, -0.15) is 5.10 Å². The van der Waals surface area contributed by atoms with Crippen LogP contribution in [0.3, 0.4) is 0 Å². The summed E-state index contributed by atoms with van der Waals surface area (Å²) < 4.78 is 7.26. The van der Waals surface area contributed by atoms with E-state index in [9.17, 15) is 0 Å². The molecule has 2 heterocycles. The molecule has 0 radical (unpaired) electrons. The molecule has 1 atom stereocenters. The average Bonchev–Trinajstić information content (AvgIpc) is 3.09. The first-order valence-corrected chi connectivity index (χ1v) is 7.97. The first-order valence-electron chi connectivity index (χ1n) is 7.09. The van der Waals surface area contributed by atoms with Gasteiger partial charge >= 0.3 is 0 Å². The highest BCUT2D eigenvalue weighted by molar-refractivity contribution is 7.10. The van der Waals surface area contributed by atoms with Gasteiger partial charge in [0.05, 0.1) is 18.8 Å². The lowest BCUT2D eigenvalue weighted by atomic mass is 10.1. The number of thiophene rings is 1. The zero-order chi connectivity index (χ0) is 14.5. The van der Waals surface area contributed by atoms with Gasteiger partial charge in [0.25, 0.3) is 0 Å². The Labute approximate surface area is 124 Å². The Bertz CT molecular complexity index is 531. The molecule has 0 bridgehead atoms. The predicted molar refractivity (Wildman–Crippen MR) is 83.3 cm³/mol. The zero-order valence-corrected chi connectivity index (χ0v) is 13.2. The molecule has 0 aliphatic rings. The first kappa shape index (κ1) is 15.1. The second kappa shape index (κ2) is 6.90. The van der Waals surface area contributed by atoms with Gasteiger partial charge in [0, 0.05) is 28.9 Å². The van der Waals surface area contributed by atoms with E-state index in [4.69, 9.17) is 10.5 Å². The maximum Gasteiger partial charge on any atom is 0.129 e. The van der Waals surface area contributed by atoms with Gasteiger partial charge in [-0.25, -0.2) is 0 Å². The van der Waals surface area contributed by atoms with E-state index in [-0.39, 0.29) is 6.04 Å². The van der Waals surface area contributed by atoms with E-state index in [2.05, 4.69) is 35.9 Å². The minimum atomic E-state index is -0.0195. The number of nitrogens with two attached hydrogens (primary N) is 1. The van der Waals surface area contributed by atoms with E-state index < -0.39 is 0 Å². The second-order valence-corrected chi connectivity index (χ2v) is 5.90. The summed E-state index contributed by atoms with van der Waals surface area (Å²) >= 11 is 1.64. The summed E-state index contributed by atoms with van der Waals surface area (Å²) in [5.74, 6) is 0.878. The fraction of sp³-hybridized carbons (Fsp3) is 0.533. The SMILES string of the molecule is CCC(CC)n1ccc(CC(N)c2cc(OC)cs2)n1. The van der Waals surface area contributed by atoms with Crippen LogP contribution in [-0.2, 0) is 6.42 Å². The van der Waals surface area contributed by atoms with Crippen molar-refractivity contribution in [1.29, 1.82) is 0 Å². The van der Waals surface area contributed by atoms with Crippen molar-refractivity contribution in [2.24, 2.45) is 5.73 Å². The zero-order valence-electron chi connectivity index (χ0n) is 12.4. The van der Waals surface area contributed by atoms with E-state index >= 15 is 0 Å². The lowest BCUT2D eigenvalue weighted by Crippen LogP contribution is -2.13. The highest BCUT2D eigenvalue weighted by Crippen LogP contribution is 2.27. The van der Waals surface area contributed by atoms with Crippen LogP contribution in [0.1, 0.15) is 49.3 Å². The van der Waals surface area contributed by atoms with E-state index in [1.54, 1.807) is 18.4 Å². The van der Waals surface area contributed by atoms with Gasteiger partial charge in [-0.15, -0.1) is 11.3 Å². The Balaban J connectivity index is 2.02. The summed E-state index contributed by atoms with van der Waals surface area (Å²) in [5.41, 5.74) is 7.30. The van der Waals surface area contributed by atoms with Gasteiger partial charge in [-0.3, -0.25) is 4.68 Å². The number of methoxy groups -OCH3 is 1. The van der Waals surface area contributed by atoms with Crippen LogP contribution in [0, 0.1) is 0 Å². The van der Waals surface area contributed by atoms with E-state index in [1.165, 1.54) is 0 Å². The van der Waals surface area contributed by atoms with Gasteiger partial charge in [-0.1, -0.05) is 13.8 Å². The average molecular weight is 293 g/mol. The van der Waals surface area contributed by atoms with Crippen LogP contribution in [0.25, 0.3) is 0 Å². The number of hydrogen-bond acceptors (Lipinski definition) is 4. The largest absolute Gasteiger partial charge is 0.496 e. The Morgan fingerprint density at radius 3 is 2.75 bits per heavy atom. The Morgan fingerprint density at radius 2 is 2.15 bits per heavy atom. The molecule has 0 amide bonds. The molecule has 0 spiro atoms. The van der Waals surface area contributed by atoms with Crippen molar-refractivity contribution >= 4 is 11.3 Å². The molecule has 0 aliphatic heterocycles. The molecule has 0 fully saturated rings. The number of aromatic nitrogens is 2. The molecule has 2 aromatic rings. The first-order chi connectivity index (χ1) is 9.67. The second-order valence-electron chi connectivity index (χ2n) is 4.96. The molecule has 5 heteroatoms. The molecule has 0 saturated carbocycles. The van der Waals surface area contributed by atoms with Gasteiger partial charge in [0.2, 0.25) is 0 Å². The third kappa shape index (κ3) is 3.41. The van der Waals surface area contributed by atoms with Crippen LogP contribution in [0.5, 0.6) is 5.75 Å². The lowest BCUT2D eigenvalue weighted by molar-refractivity contribution is 0.416. The molecule has 1 unspecified atom stereocenters. The topological polar surface area (TPSA) is 53.1 Å². The van der Waals surface area contributed by atoms with Crippen LogP contribution >= 0.6 is 11.3 Å². The molecule has 110 valence electrons. The van der Waals surface area contributed by atoms with Gasteiger partial charge in [0.15, 0.2) is 0 Å². The highest BCUT2D eigenvalue weighted by Gasteiger charge is 2.13. The lowest BCUT2D eigenvalue weighted by Gasteiger charge is -2.12. The van der Waals surface area contributed by atoms with Crippen LogP contribution in [0.4, 0.5) is 0 Å². The minimum Gasteiger partial charge on any atom is -0.496 e. The molecule has 20 heavy (non-hydrogen) atoms. The standard InChI is InChI=1S/C15H23N3OS/c1-4-12(5-2)18-7-6-11(17-18)8-14(16)15-9-13(19-3)10-20-15/h6-7,9-10,12,14H,4-5,8,16H2,1-3H3. The van der Waals surface area contributed by atoms with Crippen molar-refractivity contribution in [3.8, 4) is 5.75 Å². The van der Waals surface area contributed by atoms with Crippen molar-refractivity contribution in [3.05, 3.63) is 34.3 Å². The van der Waals surface area contributed by atoms with Crippen molar-refractivity contribution < 1.29 is 4.74 Å². The molecule has 0 aromatic carbocycles. The summed E-state index contributed by atoms with van der Waals surface area (Å²) in [6.07, 6.45) is 5.03. The maximum absolute atomic E-state index is 6.25. The molecule has 2 aromatic heterocycles. The monoisotopic (exact) mass is 293 g/mol. The number of hydrogen-bond donors (Lipinski definition) is 1. The summed E-state index contributed by atoms with van der Waals surface area (Å²) in [4.78, 5) is 1.14. The van der Waals surface area contributed by atoms with E-state index in [0.717, 1.165) is 35.6 Å². The van der Waals surface area contributed by atoms with Crippen LogP contribution in [0.2, 0.25) is 0 Å². The van der Waals surface area contributed by atoms with E-state index in [0.29, 0.717) is 6.04 Å². The van der Waals surface area contributed by atoms with Gasteiger partial charge in [0.1, 0.15) is 5.75 Å². The van der Waals surface area contributed by atoms with Crippen LogP contribution in [-0.4, -0.2) is 16.9 Å². The Hall–Kier alpha value is -1.33. The Kier molecular flexibility index (Phi) is 5.20. The third-order valence-electron chi connectivity index (χ3n) is 3.61. The number of rotatable bonds is 7. The fourth-order valence-corrected chi connectivity index (χ4v) is 3.17. The minimum absolute atomic E-state index is 0.0195. The predicted octanol–water partition coefficient (Wildman–Crippen LogP) is 3.56. The van der Waals surface area contributed by atoms with Crippen molar-refractivity contribution in [2.75, 3.05) is 7.11 Å². The highest BCUT2D eigenvalue weighted by atomic mass is 32.1. The van der Waals surface area contributed by atoms with Crippen molar-refractivity contribution in [1.82, 2.24) is 9.78 Å². The molecule has 2 N–H and O–H groups in total. The summed E-state index contributed by atoms with van der Waals surface area (Å²) in [6.45, 7) is 4.39. The Morgan fingerprint density at radius 1 is 1.40 bits per heavy atom. The van der Waals surface area contributed by atoms with E-state index in [1.807, 2.05) is 11.4 Å². The molecule has 2 rings (SSSR count). The van der Waals surface area contributed by atoms with Crippen molar-refractivity contribution in [3.63, 3.8) is 0 Å². The number of ether oxygens (including phenoxy) is 1. The maximum atomic E-state index is 6.25. The van der Waals surface area contributed by atoms with Crippen LogP contribution in [0.15, 0.2) is 23.7 Å². The van der Waals surface area contributed by atoms with Crippen molar-refractivity contribution in [2.45, 2.75) is 45.2 Å². The molecule has 4 nitrogen and oxygen atoms in total. The summed E-state index contributed by atoms with van der Waals surface area (Å²) in [7, 11) is 1.68. The molecule has 0 saturated heterocycles. The summed E-state index contributed by atoms with van der Waals surface area (Å²) in [5, 5.41) is 6.64. The third-order valence-corrected chi connectivity index (χ3v) is 4.65. The normalized spacial score (nSPS) is 12.8. The quantitative estimate of drug-likeness (QED) is 0.849. The number of nitrogens with zero attached hydrogens (tertiary/aromatic N) is 2. The van der Waals surface area contributed by atoms with Gasteiger partial charge < -0.3 is 10.5 Å². The fourth-order valence-electron chi connectivity index (χ4n) is 2.31. The molecular formula is C15H23N3OS. The van der Waals surface area contributed by atoms with Crippen LogP contribution < -0.4 is 10.5 Å². The molecular weight excluding hydrogens is 270 g/mol. The van der Waals surface area contributed by atoms with Gasteiger partial charge in [-0.05, 0) is 25.0 Å².